The summed E-state index contributed by atoms with van der Waals surface area (Å²) in [6, 6.07) is 25.6. The second-order valence-electron chi connectivity index (χ2n) is 8.64. The molecule has 3 heteroatoms. The van der Waals surface area contributed by atoms with Crippen LogP contribution in [0.5, 0.6) is 23.0 Å². The van der Waals surface area contributed by atoms with E-state index in [0.717, 1.165) is 44.2 Å². The van der Waals surface area contributed by atoms with E-state index in [2.05, 4.69) is 32.0 Å². The van der Waals surface area contributed by atoms with Crippen molar-refractivity contribution in [2.24, 2.45) is 0 Å². The fourth-order valence-electron chi connectivity index (χ4n) is 4.96. The molecule has 0 saturated heterocycles. The third-order valence-electron chi connectivity index (χ3n) is 6.67. The molecule has 6 rings (SSSR count). The van der Waals surface area contributed by atoms with Crippen LogP contribution in [0, 0.1) is 13.8 Å². The molecule has 0 saturated carbocycles. The van der Waals surface area contributed by atoms with Gasteiger partial charge < -0.3 is 14.9 Å². The Labute approximate surface area is 186 Å². The van der Waals surface area contributed by atoms with Crippen LogP contribution in [0.2, 0.25) is 0 Å². The Morgan fingerprint density at radius 1 is 0.594 bits per heavy atom. The quantitative estimate of drug-likeness (QED) is 0.294. The van der Waals surface area contributed by atoms with Crippen molar-refractivity contribution in [3.8, 4) is 23.0 Å². The molecule has 0 radical (unpaired) electrons. The van der Waals surface area contributed by atoms with E-state index in [1.165, 1.54) is 16.7 Å². The summed E-state index contributed by atoms with van der Waals surface area (Å²) in [6.07, 6.45) is 0. The van der Waals surface area contributed by atoms with E-state index >= 15 is 0 Å². The first-order valence-electron chi connectivity index (χ1n) is 10.8. The minimum atomic E-state index is -0.0467. The molecule has 32 heavy (non-hydrogen) atoms. The highest BCUT2D eigenvalue weighted by atomic mass is 16.5. The van der Waals surface area contributed by atoms with Gasteiger partial charge in [0.25, 0.3) is 0 Å². The molecule has 1 heterocycles. The predicted octanol–water partition coefficient (Wildman–Crippen LogP) is 7.31. The van der Waals surface area contributed by atoms with E-state index in [-0.39, 0.29) is 17.4 Å². The van der Waals surface area contributed by atoms with Crippen LogP contribution < -0.4 is 4.74 Å². The maximum absolute atomic E-state index is 10.1. The highest BCUT2D eigenvalue weighted by Gasteiger charge is 2.32. The highest BCUT2D eigenvalue weighted by molar-refractivity contribution is 5.95. The zero-order chi connectivity index (χ0) is 22.0. The minimum Gasteiger partial charge on any atom is -0.508 e. The number of phenolic OH excluding ortho intramolecular Hbond substituents is 2. The molecule has 2 N–H and O–H groups in total. The van der Waals surface area contributed by atoms with Crippen LogP contribution in [0.3, 0.4) is 0 Å². The van der Waals surface area contributed by atoms with Crippen molar-refractivity contribution in [1.29, 1.82) is 0 Å². The summed E-state index contributed by atoms with van der Waals surface area (Å²) in [7, 11) is 0. The average Bonchev–Trinajstić information content (AvgIpc) is 2.79. The maximum Gasteiger partial charge on any atom is 0.132 e. The monoisotopic (exact) mass is 418 g/mol. The largest absolute Gasteiger partial charge is 0.508 e. The first-order chi connectivity index (χ1) is 15.5. The highest BCUT2D eigenvalue weighted by Crippen LogP contribution is 2.52. The molecule has 0 aliphatic carbocycles. The minimum absolute atomic E-state index is 0.0467. The van der Waals surface area contributed by atoms with Gasteiger partial charge in [0.05, 0.1) is 0 Å². The van der Waals surface area contributed by atoms with Crippen LogP contribution in [-0.4, -0.2) is 10.2 Å². The van der Waals surface area contributed by atoms with Crippen molar-refractivity contribution < 1.29 is 14.9 Å². The lowest BCUT2D eigenvalue weighted by Gasteiger charge is -2.31. The van der Waals surface area contributed by atoms with Gasteiger partial charge >= 0.3 is 0 Å². The van der Waals surface area contributed by atoms with Crippen LogP contribution in [0.15, 0.2) is 78.9 Å². The first kappa shape index (κ1) is 18.8. The van der Waals surface area contributed by atoms with Gasteiger partial charge in [0.2, 0.25) is 0 Å². The summed E-state index contributed by atoms with van der Waals surface area (Å²) < 4.78 is 6.43. The lowest BCUT2D eigenvalue weighted by molar-refractivity contribution is 0.455. The Morgan fingerprint density at radius 3 is 1.69 bits per heavy atom. The summed E-state index contributed by atoms with van der Waals surface area (Å²) in [5.41, 5.74) is 5.89. The molecule has 1 aliphatic heterocycles. The Morgan fingerprint density at radius 2 is 1.16 bits per heavy atom. The molecule has 5 aromatic rings. The Hall–Kier alpha value is -3.98. The normalized spacial score (nSPS) is 13.1. The van der Waals surface area contributed by atoms with Crippen molar-refractivity contribution in [3.05, 3.63) is 107 Å². The van der Waals surface area contributed by atoms with Crippen molar-refractivity contribution in [1.82, 2.24) is 0 Å². The van der Waals surface area contributed by atoms with Crippen LogP contribution in [0.25, 0.3) is 21.5 Å². The first-order valence-corrected chi connectivity index (χ1v) is 10.8. The Balaban J connectivity index is 1.74. The lowest BCUT2D eigenvalue weighted by atomic mass is 9.78. The van der Waals surface area contributed by atoms with Crippen LogP contribution >= 0.6 is 0 Å². The van der Waals surface area contributed by atoms with Gasteiger partial charge in [-0.25, -0.2) is 0 Å². The SMILES string of the molecule is Cc1ccc(C2c3c(ccc4cc(O)ccc34)Oc3ccc4cc(O)ccc4c32)cc1C. The van der Waals surface area contributed by atoms with Gasteiger partial charge in [0.1, 0.15) is 23.0 Å². The number of ether oxygens (including phenoxy) is 1. The second-order valence-corrected chi connectivity index (χ2v) is 8.64. The van der Waals surface area contributed by atoms with E-state index in [1.54, 1.807) is 24.3 Å². The summed E-state index contributed by atoms with van der Waals surface area (Å²) in [6.45, 7) is 4.27. The number of rotatable bonds is 1. The number of aromatic hydroxyl groups is 2. The van der Waals surface area contributed by atoms with E-state index in [0.29, 0.717) is 0 Å². The molecule has 0 unspecified atom stereocenters. The number of hydrogen-bond acceptors (Lipinski definition) is 3. The van der Waals surface area contributed by atoms with E-state index in [9.17, 15) is 10.2 Å². The van der Waals surface area contributed by atoms with Gasteiger partial charge in [-0.3, -0.25) is 0 Å². The molecular weight excluding hydrogens is 396 g/mol. The topological polar surface area (TPSA) is 49.7 Å². The van der Waals surface area contributed by atoms with Crippen molar-refractivity contribution in [2.75, 3.05) is 0 Å². The fourth-order valence-corrected chi connectivity index (χ4v) is 4.96. The Kier molecular flexibility index (Phi) is 3.96. The van der Waals surface area contributed by atoms with E-state index in [1.807, 2.05) is 36.4 Å². The molecule has 0 bridgehead atoms. The fraction of sp³-hybridized carbons (Fsp3) is 0.103. The standard InChI is InChI=1S/C29H22O3/c1-16-3-4-20(13-17(16)2)27-28-23-9-7-21(30)14-18(23)5-11-25(28)32-26-12-6-19-15-22(31)8-10-24(19)29(26)27/h3-15,27,30-31H,1-2H3. The third-order valence-corrected chi connectivity index (χ3v) is 6.67. The number of benzene rings is 5. The van der Waals surface area contributed by atoms with Gasteiger partial charge in [-0.05, 0) is 88.5 Å². The van der Waals surface area contributed by atoms with Crippen molar-refractivity contribution in [2.45, 2.75) is 19.8 Å². The third kappa shape index (κ3) is 2.75. The van der Waals surface area contributed by atoms with Gasteiger partial charge in [-0.15, -0.1) is 0 Å². The van der Waals surface area contributed by atoms with Crippen molar-refractivity contribution >= 4 is 21.5 Å². The molecule has 156 valence electrons. The second kappa shape index (κ2) is 6.76. The number of hydrogen-bond donors (Lipinski definition) is 2. The van der Waals surface area contributed by atoms with Crippen LogP contribution in [0.4, 0.5) is 0 Å². The maximum atomic E-state index is 10.1. The molecular formula is C29H22O3. The lowest BCUT2D eigenvalue weighted by Crippen LogP contribution is -2.13. The summed E-state index contributed by atoms with van der Waals surface area (Å²) in [5, 5.41) is 24.2. The molecule has 0 atom stereocenters. The molecule has 3 nitrogen and oxygen atoms in total. The molecule has 1 aliphatic rings. The summed E-state index contributed by atoms with van der Waals surface area (Å²) >= 11 is 0. The van der Waals surface area contributed by atoms with Gasteiger partial charge in [-0.2, -0.15) is 0 Å². The van der Waals surface area contributed by atoms with Crippen molar-refractivity contribution in [3.63, 3.8) is 0 Å². The molecule has 0 spiro atoms. The molecule has 0 aromatic heterocycles. The average molecular weight is 418 g/mol. The number of phenols is 2. The van der Waals surface area contributed by atoms with Gasteiger partial charge in [-0.1, -0.05) is 42.5 Å². The van der Waals surface area contributed by atoms with E-state index < -0.39 is 0 Å². The summed E-state index contributed by atoms with van der Waals surface area (Å²) in [4.78, 5) is 0. The molecule has 0 amide bonds. The number of aryl methyl sites for hydroxylation is 2. The zero-order valence-corrected chi connectivity index (χ0v) is 17.9. The van der Waals surface area contributed by atoms with E-state index in [4.69, 9.17) is 4.74 Å². The number of fused-ring (bicyclic) bond motifs is 6. The zero-order valence-electron chi connectivity index (χ0n) is 17.9. The summed E-state index contributed by atoms with van der Waals surface area (Å²) in [5.74, 6) is 2.11. The molecule has 5 aromatic carbocycles. The predicted molar refractivity (Wildman–Crippen MR) is 128 cm³/mol. The Bertz CT molecular complexity index is 1460. The van der Waals surface area contributed by atoms with Gasteiger partial charge in [0.15, 0.2) is 0 Å². The molecule has 0 fully saturated rings. The smallest absolute Gasteiger partial charge is 0.132 e. The van der Waals surface area contributed by atoms with Gasteiger partial charge in [0, 0.05) is 17.0 Å². The van der Waals surface area contributed by atoms with Crippen LogP contribution in [0.1, 0.15) is 33.7 Å². The van der Waals surface area contributed by atoms with Crippen LogP contribution in [-0.2, 0) is 0 Å².